The van der Waals surface area contributed by atoms with Gasteiger partial charge < -0.3 is 10.2 Å². The number of amides is 1. The molecule has 0 radical (unpaired) electrons. The Morgan fingerprint density at radius 1 is 1.32 bits per heavy atom. The van der Waals surface area contributed by atoms with Gasteiger partial charge in [0.05, 0.1) is 6.04 Å². The fourth-order valence-corrected chi connectivity index (χ4v) is 3.91. The molecule has 0 unspecified atom stereocenters. The maximum Gasteiger partial charge on any atom is 0.241 e. The summed E-state index contributed by atoms with van der Waals surface area (Å²) in [5.74, 6) is 0.00747. The second-order valence-electron chi connectivity index (χ2n) is 6.27. The van der Waals surface area contributed by atoms with Crippen LogP contribution in [0.2, 0.25) is 5.02 Å². The van der Waals surface area contributed by atoms with Crippen LogP contribution in [0.3, 0.4) is 0 Å². The second kappa shape index (κ2) is 8.17. The van der Waals surface area contributed by atoms with Crippen molar-refractivity contribution in [3.63, 3.8) is 0 Å². The van der Waals surface area contributed by atoms with Gasteiger partial charge in [-0.3, -0.25) is 9.69 Å². The lowest BCUT2D eigenvalue weighted by molar-refractivity contribution is -0.120. The summed E-state index contributed by atoms with van der Waals surface area (Å²) in [6, 6.07) is 5.39. The van der Waals surface area contributed by atoms with Gasteiger partial charge in [-0.2, -0.15) is 0 Å². The average Bonchev–Trinajstić information content (AvgIpc) is 3.03. The van der Waals surface area contributed by atoms with E-state index in [-0.39, 0.29) is 11.9 Å². The van der Waals surface area contributed by atoms with Crippen LogP contribution < -0.4 is 10.2 Å². The Bertz CT molecular complexity index is 722. The Morgan fingerprint density at radius 3 is 2.92 bits per heavy atom. The third kappa shape index (κ3) is 4.32. The number of thiazole rings is 1. The van der Waals surface area contributed by atoms with Crippen molar-refractivity contribution in [2.24, 2.45) is 0 Å². The monoisotopic (exact) mass is 378 g/mol. The van der Waals surface area contributed by atoms with Gasteiger partial charge in [-0.05, 0) is 38.0 Å². The number of anilines is 2. The molecule has 1 fully saturated rings. The highest BCUT2D eigenvalue weighted by Crippen LogP contribution is 2.24. The van der Waals surface area contributed by atoms with E-state index >= 15 is 0 Å². The molecule has 5 nitrogen and oxygen atoms in total. The number of hydrogen-bond donors (Lipinski definition) is 1. The highest BCUT2D eigenvalue weighted by atomic mass is 35.5. The zero-order valence-electron chi connectivity index (χ0n) is 14.5. The molecule has 2 aromatic rings. The first kappa shape index (κ1) is 18.2. The van der Waals surface area contributed by atoms with Crippen molar-refractivity contribution in [2.75, 3.05) is 36.4 Å². The molecule has 1 aromatic carbocycles. The molecule has 1 amide bonds. The Kier molecular flexibility index (Phi) is 5.93. The molecule has 3 rings (SSSR count). The number of nitrogens with zero attached hydrogens (tertiary/aromatic N) is 3. The van der Waals surface area contributed by atoms with E-state index in [2.05, 4.69) is 20.1 Å². The Labute approximate surface area is 157 Å². The second-order valence-corrected chi connectivity index (χ2v) is 7.55. The summed E-state index contributed by atoms with van der Waals surface area (Å²) in [6.07, 6.45) is 2.86. The van der Waals surface area contributed by atoms with Gasteiger partial charge in [0.2, 0.25) is 5.91 Å². The van der Waals surface area contributed by atoms with Crippen molar-refractivity contribution in [3.8, 4) is 0 Å². The van der Waals surface area contributed by atoms with E-state index in [1.54, 1.807) is 11.3 Å². The lowest BCUT2D eigenvalue weighted by atomic mass is 10.2. The zero-order chi connectivity index (χ0) is 17.8. The van der Waals surface area contributed by atoms with E-state index in [9.17, 15) is 4.79 Å². The minimum absolute atomic E-state index is 0.00747. The van der Waals surface area contributed by atoms with Crippen molar-refractivity contribution >= 4 is 39.7 Å². The predicted octanol–water partition coefficient (Wildman–Crippen LogP) is 3.64. The molecule has 7 heteroatoms. The molecule has 0 spiro atoms. The van der Waals surface area contributed by atoms with Crippen LogP contribution in [0.15, 0.2) is 29.8 Å². The van der Waals surface area contributed by atoms with Gasteiger partial charge in [-0.25, -0.2) is 4.98 Å². The van der Waals surface area contributed by atoms with Crippen LogP contribution in [0.4, 0.5) is 10.8 Å². The Balaban J connectivity index is 1.61. The number of benzene rings is 1. The van der Waals surface area contributed by atoms with Crippen LogP contribution in [-0.2, 0) is 4.79 Å². The topological polar surface area (TPSA) is 48.5 Å². The van der Waals surface area contributed by atoms with E-state index in [0.717, 1.165) is 49.0 Å². The smallest absolute Gasteiger partial charge is 0.241 e. The van der Waals surface area contributed by atoms with Crippen LogP contribution in [0.25, 0.3) is 0 Å². The van der Waals surface area contributed by atoms with Gasteiger partial charge in [0.15, 0.2) is 5.13 Å². The first-order chi connectivity index (χ1) is 12.1. The molecule has 1 atom stereocenters. The molecule has 1 aliphatic heterocycles. The van der Waals surface area contributed by atoms with Crippen LogP contribution in [0, 0.1) is 6.92 Å². The minimum atomic E-state index is -0.186. The highest BCUT2D eigenvalue weighted by Gasteiger charge is 2.25. The number of rotatable bonds is 4. The highest BCUT2D eigenvalue weighted by molar-refractivity contribution is 7.13. The average molecular weight is 379 g/mol. The number of carbonyl (C=O) groups excluding carboxylic acids is 1. The van der Waals surface area contributed by atoms with Gasteiger partial charge in [0.25, 0.3) is 0 Å². The first-order valence-electron chi connectivity index (χ1n) is 8.50. The van der Waals surface area contributed by atoms with Gasteiger partial charge in [-0.1, -0.05) is 17.7 Å². The molecule has 2 heterocycles. The third-order valence-corrected chi connectivity index (χ3v) is 5.91. The van der Waals surface area contributed by atoms with Gasteiger partial charge in [0, 0.05) is 48.5 Å². The lowest BCUT2D eigenvalue weighted by Gasteiger charge is -2.27. The maximum atomic E-state index is 12.7. The van der Waals surface area contributed by atoms with Gasteiger partial charge in [-0.15, -0.1) is 11.3 Å². The standard InChI is InChI=1S/C18H23ClN4OS/c1-13-15(19)5-3-6-16(13)21-17(24)14(2)22-8-4-9-23(11-10-22)18-20-7-12-25-18/h3,5-7,12,14H,4,8-11H2,1-2H3,(H,21,24)/t14-/m0/s1. The molecule has 1 saturated heterocycles. The molecule has 134 valence electrons. The SMILES string of the molecule is Cc1c(Cl)cccc1NC(=O)[C@H](C)N1CCCN(c2nccs2)CC1. The molecule has 0 bridgehead atoms. The molecule has 1 N–H and O–H groups in total. The van der Waals surface area contributed by atoms with Gasteiger partial charge in [0.1, 0.15) is 0 Å². The van der Waals surface area contributed by atoms with Crippen molar-refractivity contribution in [2.45, 2.75) is 26.3 Å². The maximum absolute atomic E-state index is 12.7. The third-order valence-electron chi connectivity index (χ3n) is 4.67. The summed E-state index contributed by atoms with van der Waals surface area (Å²) >= 11 is 7.80. The van der Waals surface area contributed by atoms with Gasteiger partial charge >= 0.3 is 0 Å². The van der Waals surface area contributed by atoms with Crippen molar-refractivity contribution in [1.29, 1.82) is 0 Å². The number of hydrogen-bond acceptors (Lipinski definition) is 5. The van der Waals surface area contributed by atoms with Crippen molar-refractivity contribution in [1.82, 2.24) is 9.88 Å². The molecular weight excluding hydrogens is 356 g/mol. The fraction of sp³-hybridized carbons (Fsp3) is 0.444. The number of halogens is 1. The summed E-state index contributed by atoms with van der Waals surface area (Å²) in [6.45, 7) is 7.51. The summed E-state index contributed by atoms with van der Waals surface area (Å²) in [7, 11) is 0. The Hall–Kier alpha value is -1.63. The van der Waals surface area contributed by atoms with E-state index in [4.69, 9.17) is 11.6 Å². The van der Waals surface area contributed by atoms with Crippen LogP contribution >= 0.6 is 22.9 Å². The molecule has 25 heavy (non-hydrogen) atoms. The fourth-order valence-electron chi connectivity index (χ4n) is 3.03. The predicted molar refractivity (Wildman–Crippen MR) is 105 cm³/mol. The summed E-state index contributed by atoms with van der Waals surface area (Å²) in [4.78, 5) is 21.6. The van der Waals surface area contributed by atoms with Crippen LogP contribution in [0.1, 0.15) is 18.9 Å². The molecule has 0 aliphatic carbocycles. The normalized spacial score (nSPS) is 17.2. The Morgan fingerprint density at radius 2 is 2.16 bits per heavy atom. The summed E-state index contributed by atoms with van der Waals surface area (Å²) in [5, 5.41) is 6.75. The first-order valence-corrected chi connectivity index (χ1v) is 9.76. The molecule has 1 aromatic heterocycles. The number of nitrogens with one attached hydrogen (secondary N) is 1. The van der Waals surface area contributed by atoms with Crippen molar-refractivity contribution < 1.29 is 4.79 Å². The van der Waals surface area contributed by atoms with Crippen molar-refractivity contribution in [3.05, 3.63) is 40.4 Å². The van der Waals surface area contributed by atoms with Crippen LogP contribution in [0.5, 0.6) is 0 Å². The van der Waals surface area contributed by atoms with E-state index in [1.807, 2.05) is 43.6 Å². The zero-order valence-corrected chi connectivity index (χ0v) is 16.1. The number of aromatic nitrogens is 1. The molecule has 0 saturated carbocycles. The quantitative estimate of drug-likeness (QED) is 0.882. The van der Waals surface area contributed by atoms with E-state index in [0.29, 0.717) is 5.02 Å². The molecule has 1 aliphatic rings. The van der Waals surface area contributed by atoms with E-state index in [1.165, 1.54) is 0 Å². The summed E-state index contributed by atoms with van der Waals surface area (Å²) in [5.41, 5.74) is 1.68. The molecular formula is C18H23ClN4OS. The lowest BCUT2D eigenvalue weighted by Crippen LogP contribution is -2.44. The minimum Gasteiger partial charge on any atom is -0.347 e. The largest absolute Gasteiger partial charge is 0.347 e. The van der Waals surface area contributed by atoms with E-state index < -0.39 is 0 Å². The van der Waals surface area contributed by atoms with Crippen LogP contribution in [-0.4, -0.2) is 48.0 Å². The summed E-state index contributed by atoms with van der Waals surface area (Å²) < 4.78 is 0. The number of carbonyl (C=O) groups is 1.